The van der Waals surface area contributed by atoms with Gasteiger partial charge in [0.05, 0.1) is 0 Å². The summed E-state index contributed by atoms with van der Waals surface area (Å²) in [6, 6.07) is 0. The van der Waals surface area contributed by atoms with Crippen LogP contribution < -0.4 is 5.32 Å². The Morgan fingerprint density at radius 1 is 1.76 bits per heavy atom. The Morgan fingerprint density at radius 3 is 3.12 bits per heavy atom. The predicted molar refractivity (Wildman–Crippen MR) is 60.3 cm³/mol. The van der Waals surface area contributed by atoms with Gasteiger partial charge in [0.25, 0.3) is 0 Å². The summed E-state index contributed by atoms with van der Waals surface area (Å²) < 4.78 is 4.13. The molecular formula is C9H14N2O5S. The van der Waals surface area contributed by atoms with Crippen molar-refractivity contribution >= 4 is 23.9 Å². The van der Waals surface area contributed by atoms with Gasteiger partial charge in [-0.25, -0.2) is 5.26 Å². The molecule has 17 heavy (non-hydrogen) atoms. The van der Waals surface area contributed by atoms with E-state index in [1.807, 2.05) is 0 Å². The van der Waals surface area contributed by atoms with Crippen LogP contribution >= 0.6 is 12.0 Å². The van der Waals surface area contributed by atoms with E-state index in [9.17, 15) is 9.59 Å². The second-order valence-corrected chi connectivity index (χ2v) is 4.09. The minimum Gasteiger partial charge on any atom is -0.354 e. The summed E-state index contributed by atoms with van der Waals surface area (Å²) in [5, 5.41) is 13.8. The molecular weight excluding hydrogens is 248 g/mol. The molecule has 1 unspecified atom stereocenters. The van der Waals surface area contributed by atoms with E-state index in [4.69, 9.17) is 5.26 Å². The van der Waals surface area contributed by atoms with E-state index in [1.165, 1.54) is 11.1 Å². The molecule has 0 radical (unpaired) electrons. The van der Waals surface area contributed by atoms with Crippen molar-refractivity contribution < 1.29 is 24.2 Å². The number of nitrogens with zero attached hydrogens (tertiary/aromatic N) is 1. The lowest BCUT2D eigenvalue weighted by molar-refractivity contribution is -0.432. The first-order chi connectivity index (χ1) is 8.20. The van der Waals surface area contributed by atoms with Gasteiger partial charge in [0, 0.05) is 30.9 Å². The van der Waals surface area contributed by atoms with Gasteiger partial charge in [-0.2, -0.15) is 0 Å². The smallest absolute Gasteiger partial charge is 0.239 e. The quantitative estimate of drug-likeness (QED) is 0.223. The summed E-state index contributed by atoms with van der Waals surface area (Å²) in [5.74, 6) is -0.753. The second kappa shape index (κ2) is 7.28. The maximum absolute atomic E-state index is 11.6. The normalized spacial score (nSPS) is 19.5. The number of carbonyl (C=O) groups excluding carboxylic acids is 2. The molecule has 1 aliphatic rings. The number of hydrogen-bond acceptors (Lipinski definition) is 6. The molecule has 2 amide bonds. The van der Waals surface area contributed by atoms with Crippen LogP contribution in [-0.4, -0.2) is 40.8 Å². The Labute approximate surface area is 103 Å². The average Bonchev–Trinajstić information content (AvgIpc) is 2.70. The van der Waals surface area contributed by atoms with Gasteiger partial charge in [0.15, 0.2) is 0 Å². The molecule has 1 heterocycles. The third kappa shape index (κ3) is 4.00. The molecule has 1 atom stereocenters. The van der Waals surface area contributed by atoms with Gasteiger partial charge in [-0.05, 0) is 12.6 Å². The van der Waals surface area contributed by atoms with E-state index >= 15 is 0 Å². The van der Waals surface area contributed by atoms with Gasteiger partial charge in [0.2, 0.25) is 11.8 Å². The minimum absolute atomic E-state index is 0.222. The number of hydrogen-bond donors (Lipinski definition) is 2. The second-order valence-electron chi connectivity index (χ2n) is 3.31. The highest BCUT2D eigenvalue weighted by Crippen LogP contribution is 2.18. The fourth-order valence-electron chi connectivity index (χ4n) is 1.52. The van der Waals surface area contributed by atoms with E-state index in [0.29, 0.717) is 25.3 Å². The molecule has 0 spiro atoms. The molecule has 1 saturated heterocycles. The first-order valence-corrected chi connectivity index (χ1v) is 5.92. The lowest BCUT2D eigenvalue weighted by Gasteiger charge is -2.11. The number of nitrogens with one attached hydrogen (secondary N) is 1. The lowest BCUT2D eigenvalue weighted by Crippen LogP contribution is -2.36. The van der Waals surface area contributed by atoms with E-state index in [-0.39, 0.29) is 11.8 Å². The van der Waals surface area contributed by atoms with Crippen LogP contribution in [0.15, 0.2) is 12.8 Å². The van der Waals surface area contributed by atoms with Crippen molar-refractivity contribution in [3.63, 3.8) is 0 Å². The SMILES string of the molecule is C=CN1CCC(C(=O)NCCSOOO)C1=O. The third-order valence-corrected chi connectivity index (χ3v) is 2.87. The monoisotopic (exact) mass is 262 g/mol. The summed E-state index contributed by atoms with van der Waals surface area (Å²) in [6.07, 6.45) is 1.93. The van der Waals surface area contributed by atoms with Crippen LogP contribution in [0.2, 0.25) is 0 Å². The van der Waals surface area contributed by atoms with Gasteiger partial charge >= 0.3 is 0 Å². The van der Waals surface area contributed by atoms with Crippen LogP contribution in [0.5, 0.6) is 0 Å². The number of likely N-dealkylation sites (tertiary alicyclic amines) is 1. The van der Waals surface area contributed by atoms with Crippen LogP contribution in [0, 0.1) is 5.92 Å². The van der Waals surface area contributed by atoms with Crippen molar-refractivity contribution in [2.24, 2.45) is 5.92 Å². The number of rotatable bonds is 7. The molecule has 2 N–H and O–H groups in total. The van der Waals surface area contributed by atoms with Crippen molar-refractivity contribution in [2.75, 3.05) is 18.8 Å². The van der Waals surface area contributed by atoms with Crippen LogP contribution in [0.25, 0.3) is 0 Å². The van der Waals surface area contributed by atoms with Crippen molar-refractivity contribution in [2.45, 2.75) is 6.42 Å². The molecule has 1 fully saturated rings. The highest BCUT2D eigenvalue weighted by Gasteiger charge is 2.35. The van der Waals surface area contributed by atoms with Crippen molar-refractivity contribution in [3.05, 3.63) is 12.8 Å². The fourth-order valence-corrected chi connectivity index (χ4v) is 1.82. The largest absolute Gasteiger partial charge is 0.354 e. The fraction of sp³-hybridized carbons (Fsp3) is 0.556. The first kappa shape index (κ1) is 14.0. The molecule has 1 aliphatic heterocycles. The number of carbonyl (C=O) groups is 2. The summed E-state index contributed by atoms with van der Waals surface area (Å²) in [5.41, 5.74) is 0. The Morgan fingerprint density at radius 2 is 2.53 bits per heavy atom. The highest BCUT2D eigenvalue weighted by atomic mass is 32.2. The van der Waals surface area contributed by atoms with Gasteiger partial charge in [-0.1, -0.05) is 11.6 Å². The molecule has 0 bridgehead atoms. The number of amides is 2. The Balaban J connectivity index is 2.24. The molecule has 96 valence electrons. The Kier molecular flexibility index (Phi) is 5.98. The van der Waals surface area contributed by atoms with Crippen LogP contribution in [0.4, 0.5) is 0 Å². The molecule has 1 rings (SSSR count). The van der Waals surface area contributed by atoms with Crippen molar-refractivity contribution in [3.8, 4) is 0 Å². The molecule has 0 saturated carbocycles. The van der Waals surface area contributed by atoms with E-state index < -0.39 is 5.92 Å². The van der Waals surface area contributed by atoms with E-state index in [1.54, 1.807) is 0 Å². The average molecular weight is 262 g/mol. The molecule has 7 nitrogen and oxygen atoms in total. The van der Waals surface area contributed by atoms with Crippen LogP contribution in [0.1, 0.15) is 6.42 Å². The Hall–Kier alpha value is -1.09. The summed E-state index contributed by atoms with van der Waals surface area (Å²) in [4.78, 5) is 24.7. The van der Waals surface area contributed by atoms with Gasteiger partial charge < -0.3 is 10.2 Å². The van der Waals surface area contributed by atoms with Crippen LogP contribution in [0.3, 0.4) is 0 Å². The predicted octanol–water partition coefficient (Wildman–Crippen LogP) is 0.164. The zero-order valence-corrected chi connectivity index (χ0v) is 9.94. The van der Waals surface area contributed by atoms with Gasteiger partial charge in [-0.3, -0.25) is 9.59 Å². The first-order valence-electron chi connectivity index (χ1n) is 5.01. The van der Waals surface area contributed by atoms with E-state index in [0.717, 1.165) is 12.0 Å². The molecule has 0 aromatic rings. The van der Waals surface area contributed by atoms with Gasteiger partial charge in [0.1, 0.15) is 5.92 Å². The lowest BCUT2D eigenvalue weighted by atomic mass is 10.1. The zero-order chi connectivity index (χ0) is 12.7. The standard InChI is InChI=1S/C9H14N2O5S/c1-2-11-5-3-7(9(11)13)8(12)10-4-6-17-16-15-14/h2,7,14H,1,3-6H2,(H,10,12). The maximum atomic E-state index is 11.6. The Bertz CT molecular complexity index is 299. The molecule has 0 aromatic heterocycles. The topological polar surface area (TPSA) is 88.1 Å². The minimum atomic E-state index is -0.631. The van der Waals surface area contributed by atoms with Gasteiger partial charge in [-0.15, -0.1) is 4.33 Å². The molecule has 0 aliphatic carbocycles. The maximum Gasteiger partial charge on any atom is 0.239 e. The van der Waals surface area contributed by atoms with E-state index in [2.05, 4.69) is 21.3 Å². The molecule has 8 heteroatoms. The summed E-state index contributed by atoms with van der Waals surface area (Å²) in [6.45, 7) is 4.35. The summed E-state index contributed by atoms with van der Waals surface area (Å²) >= 11 is 0.845. The van der Waals surface area contributed by atoms with Crippen molar-refractivity contribution in [1.82, 2.24) is 10.2 Å². The van der Waals surface area contributed by atoms with Crippen molar-refractivity contribution in [1.29, 1.82) is 0 Å². The third-order valence-electron chi connectivity index (χ3n) is 2.34. The van der Waals surface area contributed by atoms with Crippen LogP contribution in [-0.2, 0) is 19.0 Å². The summed E-state index contributed by atoms with van der Waals surface area (Å²) in [7, 11) is 0. The highest BCUT2D eigenvalue weighted by molar-refractivity contribution is 7.94. The zero-order valence-electron chi connectivity index (χ0n) is 9.13. The molecule has 0 aromatic carbocycles.